The third-order valence-corrected chi connectivity index (χ3v) is 145. The molecule has 1 fully saturated rings. The van der Waals surface area contributed by atoms with Crippen molar-refractivity contribution in [1.29, 1.82) is 0 Å². The Balaban J connectivity index is 2.02. The molecule has 0 aliphatic carbocycles. The van der Waals surface area contributed by atoms with Gasteiger partial charge in [0, 0.05) is 53.0 Å². The average Bonchev–Trinajstić information content (AvgIpc) is 2.69. The highest BCUT2D eigenvalue weighted by atomic mass is 79.9. The van der Waals surface area contributed by atoms with Crippen molar-refractivity contribution in [3.05, 3.63) is 80.0 Å². The highest BCUT2D eigenvalue weighted by molar-refractivity contribution is 9.10. The predicted octanol–water partition coefficient (Wildman–Crippen LogP) is 7.79. The van der Waals surface area contributed by atoms with Crippen molar-refractivity contribution in [3.63, 3.8) is 0 Å². The van der Waals surface area contributed by atoms with Gasteiger partial charge in [0.1, 0.15) is 0 Å². The first-order valence-corrected chi connectivity index (χ1v) is 35.7. The lowest BCUT2D eigenvalue weighted by molar-refractivity contribution is 1.62. The summed E-state index contributed by atoms with van der Waals surface area (Å²) in [5.74, 6) is 0. The zero-order valence-corrected chi connectivity index (χ0v) is 30.3. The van der Waals surface area contributed by atoms with Gasteiger partial charge in [-0.1, -0.05) is 121 Å². The fourth-order valence-corrected chi connectivity index (χ4v) is 233. The van der Waals surface area contributed by atoms with E-state index in [1.807, 2.05) is 0 Å². The van der Waals surface area contributed by atoms with Crippen molar-refractivity contribution >= 4 is 88.1 Å². The monoisotopic (exact) mass is 652 g/mol. The Hall–Kier alpha value is 0.181. The predicted molar refractivity (Wildman–Crippen MR) is 171 cm³/mol. The Morgan fingerprint density at radius 2 is 0.750 bits per heavy atom. The molecule has 0 amide bonds. The molecular formula is C24H38Br2Si6. The summed E-state index contributed by atoms with van der Waals surface area (Å²) in [5, 5.41) is 0. The number of rotatable bonds is 4. The molecule has 0 unspecified atom stereocenters. The van der Waals surface area contributed by atoms with Crippen LogP contribution >= 0.6 is 31.9 Å². The second kappa shape index (κ2) is 9.68. The Labute approximate surface area is 218 Å². The largest absolute Gasteiger partial charge is 0.103 e. The first-order chi connectivity index (χ1) is 14.7. The molecule has 2 aromatic rings. The SMILES string of the molecule is C[Si]1(C)[SiH](/C=C/c2ccc(Br)cc2)[Si](C)(C)[Si](C)(C)[SiH](/C=C/c2ccc(Br)cc2)[Si]1(C)C. The maximum atomic E-state index is 3.59. The van der Waals surface area contributed by atoms with Crippen LogP contribution in [0.4, 0.5) is 0 Å². The molecule has 0 atom stereocenters. The third kappa shape index (κ3) is 4.93. The summed E-state index contributed by atoms with van der Waals surface area (Å²) in [5.41, 5.74) is 8.44. The van der Waals surface area contributed by atoms with E-state index >= 15 is 0 Å². The molecule has 8 heteroatoms. The highest BCUT2D eigenvalue weighted by Gasteiger charge is 2.67. The topological polar surface area (TPSA) is 0 Å². The van der Waals surface area contributed by atoms with Gasteiger partial charge in [0.05, 0.1) is 0 Å². The zero-order chi connectivity index (χ0) is 23.9. The van der Waals surface area contributed by atoms with E-state index in [1.165, 1.54) is 20.1 Å². The Kier molecular flexibility index (Phi) is 8.10. The van der Waals surface area contributed by atoms with E-state index in [0.717, 1.165) is 0 Å². The van der Waals surface area contributed by atoms with Gasteiger partial charge in [-0.3, -0.25) is 0 Å². The van der Waals surface area contributed by atoms with E-state index in [-0.39, 0.29) is 0 Å². The Bertz CT molecular complexity index is 896. The average molecular weight is 655 g/mol. The minimum atomic E-state index is -1.27. The molecule has 0 spiro atoms. The van der Waals surface area contributed by atoms with E-state index in [9.17, 15) is 0 Å². The van der Waals surface area contributed by atoms with Crippen LogP contribution in [0.1, 0.15) is 11.1 Å². The second-order valence-electron chi connectivity index (χ2n) is 11.7. The van der Waals surface area contributed by atoms with Crippen LogP contribution < -0.4 is 0 Å². The molecule has 32 heavy (non-hydrogen) atoms. The lowest BCUT2D eigenvalue weighted by atomic mass is 10.2. The van der Waals surface area contributed by atoms with Crippen molar-refractivity contribution in [1.82, 2.24) is 0 Å². The van der Waals surface area contributed by atoms with E-state index in [2.05, 4.69) is 156 Å². The molecule has 0 radical (unpaired) electrons. The van der Waals surface area contributed by atoms with Crippen molar-refractivity contribution in [2.45, 2.75) is 52.4 Å². The van der Waals surface area contributed by atoms with E-state index in [4.69, 9.17) is 0 Å². The molecule has 0 aromatic heterocycles. The summed E-state index contributed by atoms with van der Waals surface area (Å²) < 4.78 is 2.34. The van der Waals surface area contributed by atoms with Gasteiger partial charge in [-0.15, -0.1) is 11.4 Å². The van der Waals surface area contributed by atoms with Crippen molar-refractivity contribution < 1.29 is 0 Å². The van der Waals surface area contributed by atoms with Gasteiger partial charge in [-0.25, -0.2) is 0 Å². The molecule has 2 aromatic carbocycles. The summed E-state index contributed by atoms with van der Waals surface area (Å²) in [6, 6.07) is 17.8. The zero-order valence-electron chi connectivity index (χ0n) is 20.8. The maximum Gasteiger partial charge on any atom is 0.0452 e. The summed E-state index contributed by atoms with van der Waals surface area (Å²) in [4.78, 5) is 0. The fraction of sp³-hybridized carbons (Fsp3) is 0.333. The minimum absolute atomic E-state index is 0.917. The Morgan fingerprint density at radius 1 is 0.500 bits per heavy atom. The second-order valence-corrected chi connectivity index (χ2v) is 80.6. The van der Waals surface area contributed by atoms with Gasteiger partial charge in [-0.2, -0.15) is 0 Å². The van der Waals surface area contributed by atoms with Crippen LogP contribution in [-0.4, -0.2) is 44.1 Å². The molecule has 0 saturated carbocycles. The van der Waals surface area contributed by atoms with Gasteiger partial charge in [-0.05, 0) is 35.4 Å². The quantitative estimate of drug-likeness (QED) is 0.296. The van der Waals surface area contributed by atoms with Crippen LogP contribution in [0.25, 0.3) is 12.2 Å². The number of hydrogen-bond acceptors (Lipinski definition) is 0. The summed E-state index contributed by atoms with van der Waals surface area (Å²) in [6.45, 7) is 22.6. The van der Waals surface area contributed by atoms with Gasteiger partial charge < -0.3 is 0 Å². The Morgan fingerprint density at radius 3 is 1.00 bits per heavy atom. The molecule has 1 aliphatic rings. The lowest BCUT2D eigenvalue weighted by Crippen LogP contribution is -2.92. The van der Waals surface area contributed by atoms with Gasteiger partial charge in [0.15, 0.2) is 0 Å². The maximum absolute atomic E-state index is 3.59. The van der Waals surface area contributed by atoms with Crippen LogP contribution in [0.3, 0.4) is 0 Å². The standard InChI is InChI=1S/C24H38Br2Si6/c1-29(2)27(19-17-21-9-13-23(25)14-10-21)31(5,6)32(7,8)28(30(29,3)4)20-18-22-11-15-24(26)16-12-22/h9-20,27-28H,1-8H3/b19-17+,20-18+. The van der Waals surface area contributed by atoms with E-state index in [1.54, 1.807) is 0 Å². The molecule has 172 valence electrons. The van der Waals surface area contributed by atoms with Crippen LogP contribution in [0.5, 0.6) is 0 Å². The normalized spacial score (nSPS) is 25.9. The molecule has 1 saturated heterocycles. The molecule has 0 bridgehead atoms. The van der Waals surface area contributed by atoms with Crippen molar-refractivity contribution in [3.8, 4) is 0 Å². The molecule has 0 nitrogen and oxygen atoms in total. The lowest BCUT2D eigenvalue weighted by Gasteiger charge is -2.64. The molecule has 1 aliphatic heterocycles. The summed E-state index contributed by atoms with van der Waals surface area (Å²) >= 11 is 7.17. The van der Waals surface area contributed by atoms with E-state index < -0.39 is 44.1 Å². The molecular weight excluding hydrogens is 617 g/mol. The van der Waals surface area contributed by atoms with E-state index in [0.29, 0.717) is 0 Å². The van der Waals surface area contributed by atoms with Gasteiger partial charge in [0.25, 0.3) is 0 Å². The highest BCUT2D eigenvalue weighted by Crippen LogP contribution is 2.42. The van der Waals surface area contributed by atoms with Crippen LogP contribution in [0, 0.1) is 0 Å². The first kappa shape index (κ1) is 26.8. The van der Waals surface area contributed by atoms with Crippen LogP contribution in [0.2, 0.25) is 52.4 Å². The van der Waals surface area contributed by atoms with Gasteiger partial charge in [0.2, 0.25) is 0 Å². The third-order valence-electron chi connectivity index (χ3n) is 9.13. The van der Waals surface area contributed by atoms with Crippen molar-refractivity contribution in [2.75, 3.05) is 0 Å². The number of halogens is 2. The fourth-order valence-electron chi connectivity index (χ4n) is 5.93. The summed E-state index contributed by atoms with van der Waals surface area (Å²) in [7, 11) is -6.90. The number of hydrogen-bond donors (Lipinski definition) is 0. The van der Waals surface area contributed by atoms with Crippen molar-refractivity contribution in [2.24, 2.45) is 0 Å². The molecule has 0 N–H and O–H groups in total. The summed E-state index contributed by atoms with van der Waals surface area (Å²) in [6.07, 6.45) is 5.03. The van der Waals surface area contributed by atoms with Gasteiger partial charge >= 0.3 is 0 Å². The first-order valence-electron chi connectivity index (χ1n) is 11.6. The molecule has 3 rings (SSSR count). The van der Waals surface area contributed by atoms with Crippen LogP contribution in [0.15, 0.2) is 68.9 Å². The minimum Gasteiger partial charge on any atom is -0.103 e. The smallest absolute Gasteiger partial charge is 0.0452 e. The van der Waals surface area contributed by atoms with Crippen LogP contribution in [-0.2, 0) is 0 Å². The number of benzene rings is 2. The molecule has 1 heterocycles.